The lowest BCUT2D eigenvalue weighted by Gasteiger charge is -2.03. The van der Waals surface area contributed by atoms with E-state index in [1.54, 1.807) is 0 Å². The van der Waals surface area contributed by atoms with Crippen LogP contribution in [0.4, 0.5) is 17.1 Å². The van der Waals surface area contributed by atoms with E-state index in [1.165, 1.54) is 24.3 Å². The SMILES string of the molecule is O=C1C=CC(=Nc2ccc([N+](=O)[O-])cc2[N+](=O)[O-])C=C1Br. The van der Waals surface area contributed by atoms with Crippen LogP contribution in [0.2, 0.25) is 0 Å². The van der Waals surface area contributed by atoms with E-state index in [0.29, 0.717) is 5.71 Å². The van der Waals surface area contributed by atoms with E-state index in [4.69, 9.17) is 0 Å². The van der Waals surface area contributed by atoms with Crippen LogP contribution in [-0.2, 0) is 4.79 Å². The van der Waals surface area contributed by atoms with Crippen LogP contribution >= 0.6 is 15.9 Å². The fraction of sp³-hybridized carbons (Fsp3) is 0. The Hall–Kier alpha value is -2.68. The topological polar surface area (TPSA) is 116 Å². The highest BCUT2D eigenvalue weighted by atomic mass is 79.9. The molecule has 0 spiro atoms. The average Bonchev–Trinajstić information content (AvgIpc) is 2.43. The van der Waals surface area contributed by atoms with Gasteiger partial charge in [-0.2, -0.15) is 0 Å². The van der Waals surface area contributed by atoms with Crippen molar-refractivity contribution < 1.29 is 14.6 Å². The molecule has 1 aliphatic carbocycles. The number of carbonyl (C=O) groups excluding carboxylic acids is 1. The lowest BCUT2D eigenvalue weighted by atomic mass is 10.1. The predicted octanol–water partition coefficient (Wildman–Crippen LogP) is 2.99. The number of allylic oxidation sites excluding steroid dienone is 4. The largest absolute Gasteiger partial charge is 0.301 e. The summed E-state index contributed by atoms with van der Waals surface area (Å²) in [5.41, 5.74) is -0.585. The first-order valence-corrected chi connectivity index (χ1v) is 6.29. The van der Waals surface area contributed by atoms with Crippen LogP contribution in [0.15, 0.2) is 45.9 Å². The second kappa shape index (κ2) is 5.75. The molecule has 0 aromatic heterocycles. The summed E-state index contributed by atoms with van der Waals surface area (Å²) in [5, 5.41) is 21.6. The molecule has 2 rings (SSSR count). The van der Waals surface area contributed by atoms with Crippen molar-refractivity contribution in [3.05, 3.63) is 61.1 Å². The molecule has 1 aliphatic rings. The zero-order valence-corrected chi connectivity index (χ0v) is 11.8. The first kappa shape index (κ1) is 14.7. The fourth-order valence-electron chi connectivity index (χ4n) is 1.56. The van der Waals surface area contributed by atoms with Crippen molar-refractivity contribution in [2.24, 2.45) is 4.99 Å². The van der Waals surface area contributed by atoms with E-state index in [0.717, 1.165) is 12.1 Å². The summed E-state index contributed by atoms with van der Waals surface area (Å²) in [6.07, 6.45) is 4.08. The third kappa shape index (κ3) is 3.26. The zero-order valence-electron chi connectivity index (χ0n) is 10.2. The molecule has 0 heterocycles. The number of halogens is 1. The first-order valence-electron chi connectivity index (χ1n) is 5.49. The van der Waals surface area contributed by atoms with Gasteiger partial charge in [0.05, 0.1) is 26.1 Å². The molecule has 1 aromatic rings. The Morgan fingerprint density at radius 2 is 1.81 bits per heavy atom. The second-order valence-corrected chi connectivity index (χ2v) is 4.77. The van der Waals surface area contributed by atoms with Crippen LogP contribution in [-0.4, -0.2) is 21.3 Å². The van der Waals surface area contributed by atoms with Gasteiger partial charge in [0.1, 0.15) is 5.69 Å². The van der Waals surface area contributed by atoms with Crippen LogP contribution in [0.25, 0.3) is 0 Å². The number of benzene rings is 1. The third-order valence-corrected chi connectivity index (χ3v) is 3.15. The Morgan fingerprint density at radius 3 is 2.38 bits per heavy atom. The summed E-state index contributed by atoms with van der Waals surface area (Å²) in [6, 6.07) is 3.16. The molecule has 0 saturated carbocycles. The molecule has 0 unspecified atom stereocenters. The maximum atomic E-state index is 11.2. The Morgan fingerprint density at radius 1 is 1.10 bits per heavy atom. The minimum absolute atomic E-state index is 0.0313. The molecule has 0 N–H and O–H groups in total. The molecule has 21 heavy (non-hydrogen) atoms. The number of carbonyl (C=O) groups is 1. The van der Waals surface area contributed by atoms with Crippen molar-refractivity contribution in [2.75, 3.05) is 0 Å². The minimum atomic E-state index is -0.747. The molecule has 0 bridgehead atoms. The molecular weight excluding hydrogens is 346 g/mol. The summed E-state index contributed by atoms with van der Waals surface area (Å²) in [6.45, 7) is 0. The molecule has 0 aliphatic heterocycles. The summed E-state index contributed by atoms with van der Waals surface area (Å²) in [5.74, 6) is -0.243. The van der Waals surface area contributed by atoms with Crippen LogP contribution in [0, 0.1) is 20.2 Å². The molecule has 0 fully saturated rings. The zero-order chi connectivity index (χ0) is 15.6. The van der Waals surface area contributed by atoms with E-state index >= 15 is 0 Å². The number of nitro groups is 2. The van der Waals surface area contributed by atoms with Crippen molar-refractivity contribution in [3.8, 4) is 0 Å². The highest BCUT2D eigenvalue weighted by Gasteiger charge is 2.19. The molecule has 0 amide bonds. The number of nitro benzene ring substituents is 2. The molecular formula is C12H6BrN3O5. The van der Waals surface area contributed by atoms with Crippen LogP contribution in [0.5, 0.6) is 0 Å². The van der Waals surface area contributed by atoms with Crippen molar-refractivity contribution in [1.29, 1.82) is 0 Å². The predicted molar refractivity (Wildman–Crippen MR) is 78.0 cm³/mol. The monoisotopic (exact) mass is 351 g/mol. The maximum Gasteiger partial charge on any atom is 0.301 e. The second-order valence-electron chi connectivity index (χ2n) is 3.91. The molecule has 106 valence electrons. The van der Waals surface area contributed by atoms with Crippen molar-refractivity contribution in [3.63, 3.8) is 0 Å². The van der Waals surface area contributed by atoms with Gasteiger partial charge in [0.25, 0.3) is 5.69 Å². The number of nitrogens with zero attached hydrogens (tertiary/aromatic N) is 3. The number of hydrogen-bond acceptors (Lipinski definition) is 6. The molecule has 0 atom stereocenters. The van der Waals surface area contributed by atoms with E-state index in [1.807, 2.05) is 0 Å². The number of non-ortho nitro benzene ring substituents is 1. The summed E-state index contributed by atoms with van der Waals surface area (Å²) in [7, 11) is 0. The number of hydrogen-bond donors (Lipinski definition) is 0. The van der Waals surface area contributed by atoms with Gasteiger partial charge in [-0.05, 0) is 40.2 Å². The van der Waals surface area contributed by atoms with Crippen LogP contribution in [0.3, 0.4) is 0 Å². The third-order valence-electron chi connectivity index (χ3n) is 2.53. The lowest BCUT2D eigenvalue weighted by Crippen LogP contribution is -2.03. The van der Waals surface area contributed by atoms with Gasteiger partial charge >= 0.3 is 5.69 Å². The molecule has 8 nitrogen and oxygen atoms in total. The van der Waals surface area contributed by atoms with Crippen LogP contribution < -0.4 is 0 Å². The van der Waals surface area contributed by atoms with Gasteiger partial charge < -0.3 is 0 Å². The van der Waals surface area contributed by atoms with Gasteiger partial charge in [-0.3, -0.25) is 25.0 Å². The quantitative estimate of drug-likeness (QED) is 0.471. The van der Waals surface area contributed by atoms with E-state index < -0.39 is 21.2 Å². The fourth-order valence-corrected chi connectivity index (χ4v) is 1.93. The van der Waals surface area contributed by atoms with Crippen LogP contribution in [0.1, 0.15) is 0 Å². The Balaban J connectivity index is 2.50. The summed E-state index contributed by atoms with van der Waals surface area (Å²) < 4.78 is 0.272. The molecule has 1 aromatic carbocycles. The Labute approximate surface area is 125 Å². The normalized spacial score (nSPS) is 16.0. The van der Waals surface area contributed by atoms with Gasteiger partial charge in [-0.25, -0.2) is 4.99 Å². The summed E-state index contributed by atoms with van der Waals surface area (Å²) >= 11 is 3.04. The highest BCUT2D eigenvalue weighted by molar-refractivity contribution is 9.12. The number of aliphatic imine (C=N–C) groups is 1. The van der Waals surface area contributed by atoms with Gasteiger partial charge in [-0.1, -0.05) is 0 Å². The maximum absolute atomic E-state index is 11.2. The summed E-state index contributed by atoms with van der Waals surface area (Å²) in [4.78, 5) is 35.4. The van der Waals surface area contributed by atoms with E-state index in [9.17, 15) is 25.0 Å². The van der Waals surface area contributed by atoms with Crippen molar-refractivity contribution in [2.45, 2.75) is 0 Å². The van der Waals surface area contributed by atoms with Gasteiger partial charge in [0.2, 0.25) is 0 Å². The van der Waals surface area contributed by atoms with Gasteiger partial charge in [0.15, 0.2) is 5.78 Å². The van der Waals surface area contributed by atoms with Crippen molar-refractivity contribution >= 4 is 44.5 Å². The average molecular weight is 352 g/mol. The Kier molecular flexibility index (Phi) is 4.03. The standard InChI is InChI=1S/C12H6BrN3O5/c13-9-5-7(1-4-12(9)17)14-10-3-2-8(15(18)19)6-11(10)16(20)21/h1-6H. The Bertz CT molecular complexity index is 751. The minimum Gasteiger partial charge on any atom is -0.289 e. The van der Waals surface area contributed by atoms with E-state index in [2.05, 4.69) is 20.9 Å². The number of rotatable bonds is 3. The van der Waals surface area contributed by atoms with Gasteiger partial charge in [-0.15, -0.1) is 0 Å². The van der Waals surface area contributed by atoms with E-state index in [-0.39, 0.29) is 16.0 Å². The number of ketones is 1. The molecule has 0 saturated heterocycles. The first-order chi connectivity index (χ1) is 9.88. The molecule has 9 heteroatoms. The highest BCUT2D eigenvalue weighted by Crippen LogP contribution is 2.32. The van der Waals surface area contributed by atoms with Gasteiger partial charge in [0, 0.05) is 6.07 Å². The molecule has 0 radical (unpaired) electrons. The van der Waals surface area contributed by atoms with Crippen molar-refractivity contribution in [1.82, 2.24) is 0 Å². The lowest BCUT2D eigenvalue weighted by molar-refractivity contribution is -0.393. The smallest absolute Gasteiger partial charge is 0.289 e.